The van der Waals surface area contributed by atoms with Gasteiger partial charge in [0.2, 0.25) is 0 Å². The number of rotatable bonds is 3. The first-order valence-corrected chi connectivity index (χ1v) is 7.45. The van der Waals surface area contributed by atoms with Crippen molar-refractivity contribution in [3.63, 3.8) is 0 Å². The molecule has 1 unspecified atom stereocenters. The van der Waals surface area contributed by atoms with Crippen LogP contribution in [0.5, 0.6) is 0 Å². The molecule has 1 aromatic carbocycles. The fourth-order valence-corrected chi connectivity index (χ4v) is 3.41. The van der Waals surface area contributed by atoms with Gasteiger partial charge in [0.15, 0.2) is 5.78 Å². The van der Waals surface area contributed by atoms with Crippen molar-refractivity contribution >= 4 is 11.8 Å². The molecule has 3 rings (SSSR count). The zero-order valence-electron chi connectivity index (χ0n) is 13.8. The van der Waals surface area contributed by atoms with Crippen LogP contribution < -0.4 is 56.5 Å². The number of ketones is 1. The van der Waals surface area contributed by atoms with Crippen LogP contribution >= 0.6 is 0 Å². The quantitative estimate of drug-likeness (QED) is 0.401. The summed E-state index contributed by atoms with van der Waals surface area (Å²) in [6.07, 6.45) is 2.83. The SMILES string of the molecule is Cc1cccc(C(=O)C2(C(=O)[O-])CCCn3cc(C)cc32)c1.[K+]. The maximum absolute atomic E-state index is 13.1. The second-order valence-electron chi connectivity index (χ2n) is 6.09. The molecule has 0 saturated heterocycles. The van der Waals surface area contributed by atoms with E-state index in [-0.39, 0.29) is 63.6 Å². The van der Waals surface area contributed by atoms with E-state index < -0.39 is 11.4 Å². The number of carboxylic acids is 1. The maximum atomic E-state index is 13.1. The van der Waals surface area contributed by atoms with Crippen molar-refractivity contribution in [3.05, 3.63) is 58.9 Å². The number of nitrogens with zero attached hydrogens (tertiary/aromatic N) is 1. The molecule has 0 amide bonds. The van der Waals surface area contributed by atoms with Crippen molar-refractivity contribution in [3.8, 4) is 0 Å². The van der Waals surface area contributed by atoms with Crippen LogP contribution in [0.2, 0.25) is 0 Å². The summed E-state index contributed by atoms with van der Waals surface area (Å²) in [5, 5.41) is 12.0. The second kappa shape index (κ2) is 7.03. The Bertz CT molecular complexity index is 765. The molecule has 0 aliphatic carbocycles. The molecule has 2 aromatic rings. The molecule has 2 heterocycles. The fourth-order valence-electron chi connectivity index (χ4n) is 3.41. The van der Waals surface area contributed by atoms with Crippen LogP contribution in [0.15, 0.2) is 36.5 Å². The molecule has 0 bridgehead atoms. The van der Waals surface area contributed by atoms with Gasteiger partial charge in [0.05, 0.1) is 5.97 Å². The molecule has 0 N–H and O–H groups in total. The van der Waals surface area contributed by atoms with Crippen LogP contribution in [0.3, 0.4) is 0 Å². The normalized spacial score (nSPS) is 19.6. The minimum Gasteiger partial charge on any atom is -0.549 e. The standard InChI is InChI=1S/C18H19NO3.K/c1-12-5-3-6-14(9-12)16(20)18(17(21)22)7-4-8-19-11-13(2)10-15(18)19;/h3,5-6,9-11H,4,7-8H2,1-2H3,(H,21,22);/q;+1/p-1. The third-order valence-corrected chi connectivity index (χ3v) is 4.44. The van der Waals surface area contributed by atoms with Crippen molar-refractivity contribution in [1.29, 1.82) is 0 Å². The Morgan fingerprint density at radius 2 is 1.91 bits per heavy atom. The molecule has 0 fully saturated rings. The van der Waals surface area contributed by atoms with Crippen LogP contribution in [0.25, 0.3) is 0 Å². The number of Topliss-reactive ketones (excluding diaryl/α,β-unsaturated/α-hetero) is 1. The number of hydrogen-bond donors (Lipinski definition) is 0. The molecular weight excluding hydrogens is 317 g/mol. The van der Waals surface area contributed by atoms with Gasteiger partial charge in [-0.05, 0) is 44.4 Å². The first-order chi connectivity index (χ1) is 10.4. The Morgan fingerprint density at radius 1 is 1.17 bits per heavy atom. The van der Waals surface area contributed by atoms with Crippen LogP contribution in [0.4, 0.5) is 0 Å². The van der Waals surface area contributed by atoms with Gasteiger partial charge < -0.3 is 14.5 Å². The number of carbonyl (C=O) groups is 2. The molecule has 23 heavy (non-hydrogen) atoms. The van der Waals surface area contributed by atoms with Crippen molar-refractivity contribution in [1.82, 2.24) is 4.57 Å². The average molecular weight is 335 g/mol. The number of carboxylic acid groups (broad SMARTS) is 1. The zero-order chi connectivity index (χ0) is 15.9. The van der Waals surface area contributed by atoms with Crippen LogP contribution in [-0.2, 0) is 16.8 Å². The second-order valence-corrected chi connectivity index (χ2v) is 6.09. The number of hydrogen-bond acceptors (Lipinski definition) is 3. The molecule has 114 valence electrons. The van der Waals surface area contributed by atoms with Gasteiger partial charge in [-0.3, -0.25) is 4.79 Å². The van der Waals surface area contributed by atoms with Gasteiger partial charge in [-0.1, -0.05) is 23.8 Å². The van der Waals surface area contributed by atoms with Crippen molar-refractivity contribution < 1.29 is 66.1 Å². The number of aryl methyl sites for hydroxylation is 3. The smallest absolute Gasteiger partial charge is 0.549 e. The molecule has 1 aliphatic rings. The monoisotopic (exact) mass is 335 g/mol. The van der Waals surface area contributed by atoms with Crippen LogP contribution in [-0.4, -0.2) is 16.3 Å². The minimum absolute atomic E-state index is 0. The summed E-state index contributed by atoms with van der Waals surface area (Å²) >= 11 is 0. The van der Waals surface area contributed by atoms with E-state index in [1.54, 1.807) is 24.3 Å². The van der Waals surface area contributed by atoms with Gasteiger partial charge in [-0.15, -0.1) is 0 Å². The summed E-state index contributed by atoms with van der Waals surface area (Å²) < 4.78 is 1.88. The van der Waals surface area contributed by atoms with E-state index in [0.29, 0.717) is 17.7 Å². The number of aromatic nitrogens is 1. The van der Waals surface area contributed by atoms with E-state index >= 15 is 0 Å². The van der Waals surface area contributed by atoms with E-state index in [0.717, 1.165) is 17.7 Å². The Morgan fingerprint density at radius 3 is 2.57 bits per heavy atom. The van der Waals surface area contributed by atoms with Crippen molar-refractivity contribution in [2.45, 2.75) is 38.6 Å². The van der Waals surface area contributed by atoms with E-state index in [2.05, 4.69) is 0 Å². The topological polar surface area (TPSA) is 62.1 Å². The summed E-state index contributed by atoms with van der Waals surface area (Å²) in [7, 11) is 0. The molecule has 0 spiro atoms. The molecule has 0 saturated carbocycles. The van der Waals surface area contributed by atoms with E-state index in [4.69, 9.17) is 0 Å². The Labute approximate surface area is 178 Å². The summed E-state index contributed by atoms with van der Waals surface area (Å²) in [6.45, 7) is 4.53. The Balaban J connectivity index is 0.00000192. The van der Waals surface area contributed by atoms with Gasteiger partial charge in [0.25, 0.3) is 0 Å². The molecule has 1 aromatic heterocycles. The van der Waals surface area contributed by atoms with E-state index in [1.165, 1.54) is 0 Å². The number of carbonyl (C=O) groups excluding carboxylic acids is 2. The molecule has 4 nitrogen and oxygen atoms in total. The molecule has 0 radical (unpaired) electrons. The summed E-state index contributed by atoms with van der Waals surface area (Å²) in [5.41, 5.74) is 1.28. The first kappa shape index (κ1) is 18.6. The summed E-state index contributed by atoms with van der Waals surface area (Å²) in [5.74, 6) is -1.69. The van der Waals surface area contributed by atoms with Gasteiger partial charge in [-0.25, -0.2) is 0 Å². The molecule has 5 heteroatoms. The van der Waals surface area contributed by atoms with Gasteiger partial charge >= 0.3 is 51.4 Å². The number of benzene rings is 1. The molecular formula is C18H18KNO3. The molecule has 1 atom stereocenters. The van der Waals surface area contributed by atoms with Gasteiger partial charge in [-0.2, -0.15) is 0 Å². The van der Waals surface area contributed by atoms with E-state index in [9.17, 15) is 14.7 Å². The minimum atomic E-state index is -1.58. The van der Waals surface area contributed by atoms with Crippen LogP contribution in [0.1, 0.15) is 40.0 Å². The summed E-state index contributed by atoms with van der Waals surface area (Å²) in [4.78, 5) is 25.1. The average Bonchev–Trinajstić information content (AvgIpc) is 2.86. The van der Waals surface area contributed by atoms with Crippen molar-refractivity contribution in [2.24, 2.45) is 0 Å². The molecule has 1 aliphatic heterocycles. The first-order valence-electron chi connectivity index (χ1n) is 7.45. The third-order valence-electron chi connectivity index (χ3n) is 4.44. The Hall–Kier alpha value is -0.724. The number of fused-ring (bicyclic) bond motifs is 1. The predicted molar refractivity (Wildman–Crippen MR) is 80.6 cm³/mol. The van der Waals surface area contributed by atoms with Gasteiger partial charge in [0, 0.05) is 24.0 Å². The zero-order valence-corrected chi connectivity index (χ0v) is 16.9. The summed E-state index contributed by atoms with van der Waals surface area (Å²) in [6, 6.07) is 8.87. The third kappa shape index (κ3) is 3.13. The van der Waals surface area contributed by atoms with E-state index in [1.807, 2.05) is 30.7 Å². The largest absolute Gasteiger partial charge is 1.00 e. The number of aliphatic carboxylic acids is 1. The Kier molecular flexibility index (Phi) is 5.69. The van der Waals surface area contributed by atoms with Gasteiger partial charge in [0.1, 0.15) is 5.41 Å². The fraction of sp³-hybridized carbons (Fsp3) is 0.333. The van der Waals surface area contributed by atoms with Crippen LogP contribution in [0, 0.1) is 13.8 Å². The van der Waals surface area contributed by atoms with Crippen molar-refractivity contribution in [2.75, 3.05) is 0 Å². The maximum Gasteiger partial charge on any atom is 1.00 e. The predicted octanol–water partition coefficient (Wildman–Crippen LogP) is -1.23.